The Morgan fingerprint density at radius 2 is 2.50 bits per heavy atom. The van der Waals surface area contributed by atoms with Crippen molar-refractivity contribution in [3.05, 3.63) is 12.2 Å². The minimum Gasteiger partial charge on any atom is -0.465 e. The zero-order valence-electron chi connectivity index (χ0n) is 8.95. The van der Waals surface area contributed by atoms with Gasteiger partial charge in [-0.25, -0.2) is 0 Å². The minimum atomic E-state index is -0.206. The van der Waals surface area contributed by atoms with Crippen molar-refractivity contribution < 1.29 is 9.53 Å². The summed E-state index contributed by atoms with van der Waals surface area (Å²) < 4.78 is 4.92. The molecule has 14 heavy (non-hydrogen) atoms. The number of rotatable bonds is 4. The van der Waals surface area contributed by atoms with Gasteiger partial charge in [0, 0.05) is 6.04 Å². The first-order valence-corrected chi connectivity index (χ1v) is 5.33. The average Bonchev–Trinajstić information content (AvgIpc) is 2.19. The molecule has 0 fully saturated rings. The van der Waals surface area contributed by atoms with Crippen LogP contribution in [0.25, 0.3) is 0 Å². The second-order valence-corrected chi connectivity index (χ2v) is 3.61. The average molecular weight is 197 g/mol. The second kappa shape index (κ2) is 5.81. The Morgan fingerprint density at radius 1 is 1.71 bits per heavy atom. The third-order valence-electron chi connectivity index (χ3n) is 2.36. The molecule has 3 nitrogen and oxygen atoms in total. The van der Waals surface area contributed by atoms with Crippen molar-refractivity contribution in [3.63, 3.8) is 0 Å². The fourth-order valence-corrected chi connectivity index (χ4v) is 1.61. The van der Waals surface area contributed by atoms with E-state index in [-0.39, 0.29) is 12.0 Å². The summed E-state index contributed by atoms with van der Waals surface area (Å²) in [5.74, 6) is -0.161. The van der Waals surface area contributed by atoms with Crippen LogP contribution in [0.5, 0.6) is 0 Å². The molecule has 1 aliphatic rings. The van der Waals surface area contributed by atoms with E-state index in [0.717, 1.165) is 12.8 Å². The maximum atomic E-state index is 11.3. The van der Waals surface area contributed by atoms with Crippen molar-refractivity contribution >= 4 is 5.97 Å². The van der Waals surface area contributed by atoms with Gasteiger partial charge >= 0.3 is 5.97 Å². The van der Waals surface area contributed by atoms with Crippen LogP contribution in [0.15, 0.2) is 12.2 Å². The monoisotopic (exact) mass is 197 g/mol. The lowest BCUT2D eigenvalue weighted by atomic mass is 10.0. The normalized spacial score (nSPS) is 23.1. The number of esters is 1. The van der Waals surface area contributed by atoms with E-state index in [2.05, 4.69) is 17.5 Å². The number of ether oxygens (including phenoxy) is 1. The Morgan fingerprint density at radius 3 is 3.07 bits per heavy atom. The quantitative estimate of drug-likeness (QED) is 0.550. The molecule has 0 amide bonds. The number of nitrogens with one attached hydrogen (secondary N) is 1. The van der Waals surface area contributed by atoms with Crippen molar-refractivity contribution in [1.82, 2.24) is 5.32 Å². The van der Waals surface area contributed by atoms with E-state index in [9.17, 15) is 4.79 Å². The number of allylic oxidation sites excluding steroid dienone is 1. The van der Waals surface area contributed by atoms with Gasteiger partial charge in [-0.2, -0.15) is 0 Å². The highest BCUT2D eigenvalue weighted by atomic mass is 16.5. The number of hydrogen-bond donors (Lipinski definition) is 1. The molecule has 1 N–H and O–H groups in total. The largest absolute Gasteiger partial charge is 0.465 e. The summed E-state index contributed by atoms with van der Waals surface area (Å²) in [7, 11) is 0. The van der Waals surface area contributed by atoms with Gasteiger partial charge in [-0.15, -0.1) is 0 Å². The second-order valence-electron chi connectivity index (χ2n) is 3.61. The van der Waals surface area contributed by atoms with Crippen LogP contribution < -0.4 is 5.32 Å². The molecule has 0 saturated carbocycles. The highest BCUT2D eigenvalue weighted by Crippen LogP contribution is 2.10. The number of carbonyl (C=O) groups excluding carboxylic acids is 1. The molecule has 0 aliphatic heterocycles. The molecule has 0 aromatic heterocycles. The van der Waals surface area contributed by atoms with Gasteiger partial charge in [0.2, 0.25) is 0 Å². The molecular weight excluding hydrogens is 178 g/mol. The molecule has 0 saturated heterocycles. The van der Waals surface area contributed by atoms with E-state index < -0.39 is 0 Å². The zero-order chi connectivity index (χ0) is 10.4. The maximum absolute atomic E-state index is 11.3. The highest BCUT2D eigenvalue weighted by Gasteiger charge is 2.17. The summed E-state index contributed by atoms with van der Waals surface area (Å²) in [6.07, 6.45) is 7.77. The Balaban J connectivity index is 2.31. The van der Waals surface area contributed by atoms with Crippen molar-refractivity contribution in [2.24, 2.45) is 0 Å². The van der Waals surface area contributed by atoms with Crippen LogP contribution in [0, 0.1) is 0 Å². The molecule has 80 valence electrons. The molecule has 0 aromatic carbocycles. The molecule has 0 bridgehead atoms. The van der Waals surface area contributed by atoms with Crippen molar-refractivity contribution in [3.8, 4) is 0 Å². The van der Waals surface area contributed by atoms with Crippen LogP contribution in [0.2, 0.25) is 0 Å². The summed E-state index contributed by atoms with van der Waals surface area (Å²) in [6.45, 7) is 4.12. The highest BCUT2D eigenvalue weighted by molar-refractivity contribution is 5.75. The van der Waals surface area contributed by atoms with E-state index in [1.54, 1.807) is 0 Å². The van der Waals surface area contributed by atoms with Crippen LogP contribution in [-0.4, -0.2) is 24.7 Å². The first-order chi connectivity index (χ1) is 6.74. The predicted molar refractivity (Wildman–Crippen MR) is 56.0 cm³/mol. The lowest BCUT2D eigenvalue weighted by molar-refractivity contribution is -0.145. The third-order valence-corrected chi connectivity index (χ3v) is 2.36. The molecule has 1 rings (SSSR count). The van der Waals surface area contributed by atoms with Crippen molar-refractivity contribution in [2.45, 2.75) is 45.2 Å². The van der Waals surface area contributed by atoms with Gasteiger partial charge in [-0.3, -0.25) is 10.1 Å². The third kappa shape index (κ3) is 3.50. The van der Waals surface area contributed by atoms with E-state index >= 15 is 0 Å². The molecular formula is C11H19NO2. The molecule has 2 unspecified atom stereocenters. The lowest BCUT2D eigenvalue weighted by Gasteiger charge is -2.21. The Labute approximate surface area is 85.5 Å². The summed E-state index contributed by atoms with van der Waals surface area (Å²) in [6, 6.07) is 0.130. The number of carbonyl (C=O) groups is 1. The fraction of sp³-hybridized carbons (Fsp3) is 0.727. The van der Waals surface area contributed by atoms with Crippen LogP contribution in [0.3, 0.4) is 0 Å². The van der Waals surface area contributed by atoms with Crippen LogP contribution in [-0.2, 0) is 9.53 Å². The smallest absolute Gasteiger partial charge is 0.322 e. The van der Waals surface area contributed by atoms with Gasteiger partial charge < -0.3 is 4.74 Å². The van der Waals surface area contributed by atoms with E-state index in [0.29, 0.717) is 12.6 Å². The van der Waals surface area contributed by atoms with E-state index in [4.69, 9.17) is 4.74 Å². The Bertz CT molecular complexity index is 213. The lowest BCUT2D eigenvalue weighted by Crippen LogP contribution is -2.41. The van der Waals surface area contributed by atoms with Crippen molar-refractivity contribution in [1.29, 1.82) is 0 Å². The maximum Gasteiger partial charge on any atom is 0.322 e. The standard InChI is InChI=1S/C11H19NO2/c1-3-14-11(13)9(2)12-10-7-5-4-6-8-10/h5,7,9-10,12H,3-4,6,8H2,1-2H3. The topological polar surface area (TPSA) is 38.3 Å². The molecule has 0 spiro atoms. The van der Waals surface area contributed by atoms with E-state index in [1.165, 1.54) is 6.42 Å². The number of hydrogen-bond acceptors (Lipinski definition) is 3. The molecule has 0 radical (unpaired) electrons. The summed E-state index contributed by atoms with van der Waals surface area (Å²) >= 11 is 0. The van der Waals surface area contributed by atoms with Gasteiger partial charge in [0.15, 0.2) is 0 Å². The van der Waals surface area contributed by atoms with Gasteiger partial charge in [0.25, 0.3) is 0 Å². The van der Waals surface area contributed by atoms with Gasteiger partial charge in [0.05, 0.1) is 6.61 Å². The Kier molecular flexibility index (Phi) is 4.66. The van der Waals surface area contributed by atoms with Gasteiger partial charge in [-0.1, -0.05) is 12.2 Å². The molecule has 2 atom stereocenters. The van der Waals surface area contributed by atoms with Crippen LogP contribution >= 0.6 is 0 Å². The molecule has 0 aromatic rings. The van der Waals surface area contributed by atoms with Crippen molar-refractivity contribution in [2.75, 3.05) is 6.61 Å². The Hall–Kier alpha value is -0.830. The molecule has 0 heterocycles. The zero-order valence-corrected chi connectivity index (χ0v) is 8.95. The fourth-order valence-electron chi connectivity index (χ4n) is 1.61. The SMILES string of the molecule is CCOC(=O)C(C)NC1C=CCCC1. The van der Waals surface area contributed by atoms with Gasteiger partial charge in [0.1, 0.15) is 6.04 Å². The summed E-state index contributed by atoms with van der Waals surface area (Å²) in [5.41, 5.74) is 0. The van der Waals surface area contributed by atoms with Crippen LogP contribution in [0.4, 0.5) is 0 Å². The summed E-state index contributed by atoms with van der Waals surface area (Å²) in [4.78, 5) is 11.3. The first kappa shape index (κ1) is 11.2. The summed E-state index contributed by atoms with van der Waals surface area (Å²) in [5, 5.41) is 3.24. The van der Waals surface area contributed by atoms with E-state index in [1.807, 2.05) is 13.8 Å². The molecule has 3 heteroatoms. The minimum absolute atomic E-state index is 0.161. The molecule has 1 aliphatic carbocycles. The first-order valence-electron chi connectivity index (χ1n) is 5.33. The van der Waals surface area contributed by atoms with Gasteiger partial charge in [-0.05, 0) is 33.1 Å². The predicted octanol–water partition coefficient (Wildman–Crippen LogP) is 1.64. The van der Waals surface area contributed by atoms with Crippen LogP contribution in [0.1, 0.15) is 33.1 Å².